The zero-order chi connectivity index (χ0) is 35.6. The highest BCUT2D eigenvalue weighted by Gasteiger charge is 2.45. The second-order valence-electron chi connectivity index (χ2n) is 12.8. The SMILES string of the molecule is C=CC1=C(OC)CC(OC)C(F)C1C(O)c1oc2c(c1SC)=CC(N(C(=O)OC(C)(C)C)c1ccc(N3CCOCC3)cc1[N+](=O)[O-])NC=2. The van der Waals surface area contributed by atoms with Crippen molar-refractivity contribution in [2.24, 2.45) is 5.92 Å². The van der Waals surface area contributed by atoms with Gasteiger partial charge in [0.15, 0.2) is 5.42 Å². The summed E-state index contributed by atoms with van der Waals surface area (Å²) in [5.74, 6) is -0.550. The molecule has 0 spiro atoms. The van der Waals surface area contributed by atoms with Gasteiger partial charge < -0.3 is 38.7 Å². The molecule has 0 bridgehead atoms. The number of nitro benzene ring substituents is 1. The van der Waals surface area contributed by atoms with Crippen LogP contribution < -0.4 is 25.8 Å². The summed E-state index contributed by atoms with van der Waals surface area (Å²) in [6.45, 7) is 11.1. The van der Waals surface area contributed by atoms with E-state index in [9.17, 15) is 20.0 Å². The van der Waals surface area contributed by atoms with Gasteiger partial charge in [-0.25, -0.2) is 14.1 Å². The number of furan rings is 1. The number of hydrogen-bond donors (Lipinski definition) is 2. The molecule has 1 fully saturated rings. The smallest absolute Gasteiger partial charge is 0.417 e. The summed E-state index contributed by atoms with van der Waals surface area (Å²) in [4.78, 5) is 29.5. The van der Waals surface area contributed by atoms with Crippen LogP contribution >= 0.6 is 11.8 Å². The van der Waals surface area contributed by atoms with Crippen molar-refractivity contribution in [3.05, 3.63) is 68.7 Å². The molecule has 2 N–H and O–H groups in total. The van der Waals surface area contributed by atoms with E-state index in [1.807, 2.05) is 4.90 Å². The number of anilines is 2. The lowest BCUT2D eigenvalue weighted by atomic mass is 9.78. The Morgan fingerprint density at radius 1 is 1.31 bits per heavy atom. The van der Waals surface area contributed by atoms with E-state index in [0.717, 1.165) is 0 Å². The van der Waals surface area contributed by atoms with Crippen LogP contribution in [0.3, 0.4) is 0 Å². The van der Waals surface area contributed by atoms with E-state index in [-0.39, 0.29) is 23.6 Å². The van der Waals surface area contributed by atoms with Gasteiger partial charge in [-0.1, -0.05) is 12.7 Å². The average Bonchev–Trinajstić information content (AvgIpc) is 3.45. The summed E-state index contributed by atoms with van der Waals surface area (Å²) in [6, 6.07) is 4.71. The second kappa shape index (κ2) is 14.8. The molecular weight excluding hydrogens is 659 g/mol. The minimum Gasteiger partial charge on any atom is -0.501 e. The van der Waals surface area contributed by atoms with Crippen molar-refractivity contribution < 1.29 is 42.6 Å². The van der Waals surface area contributed by atoms with E-state index in [1.54, 1.807) is 39.2 Å². The predicted octanol–water partition coefficient (Wildman–Crippen LogP) is 4.13. The van der Waals surface area contributed by atoms with E-state index in [0.29, 0.717) is 58.9 Å². The van der Waals surface area contributed by atoms with Crippen molar-refractivity contribution >= 4 is 47.2 Å². The standard InChI is InChI=1S/C34H43FN4O9S/c1-8-20-24(44-5)17-25(45-6)29(35)28(20)30(40)31-32(49-7)21-16-27(36-18-26(21)47-31)38(33(41)48-34(2,3)4)22-10-9-19(15-23(22)39(42)43)37-11-13-46-14-12-37/h8-10,15-16,18,25,27-30,36,40H,1,11-14,17H2,2-7H3. The lowest BCUT2D eigenvalue weighted by Gasteiger charge is -2.36. The Kier molecular flexibility index (Phi) is 11.0. The maximum Gasteiger partial charge on any atom is 0.417 e. The molecule has 13 nitrogen and oxygen atoms in total. The summed E-state index contributed by atoms with van der Waals surface area (Å²) >= 11 is 1.27. The number of nitrogens with one attached hydrogen (secondary N) is 1. The quantitative estimate of drug-likeness (QED) is 0.208. The number of halogens is 1. The molecule has 3 heterocycles. The molecule has 1 aliphatic carbocycles. The maximum absolute atomic E-state index is 15.9. The number of thioether (sulfide) groups is 1. The lowest BCUT2D eigenvalue weighted by Crippen LogP contribution is -2.52. The molecule has 1 aromatic carbocycles. The number of hydrogen-bond acceptors (Lipinski definition) is 12. The molecule has 1 amide bonds. The van der Waals surface area contributed by atoms with E-state index in [1.165, 1.54) is 55.3 Å². The first kappa shape index (κ1) is 36.2. The summed E-state index contributed by atoms with van der Waals surface area (Å²) < 4.78 is 44.2. The number of morpholine rings is 1. The van der Waals surface area contributed by atoms with E-state index in [4.69, 9.17) is 23.4 Å². The number of nitrogens with zero attached hydrogens (tertiary/aromatic N) is 3. The van der Waals surface area contributed by atoms with Gasteiger partial charge in [-0.3, -0.25) is 10.1 Å². The Hall–Kier alpha value is -4.05. The summed E-state index contributed by atoms with van der Waals surface area (Å²) in [7, 11) is 2.87. The second-order valence-corrected chi connectivity index (χ2v) is 13.6. The molecule has 1 aromatic heterocycles. The fraction of sp³-hybridized carbons (Fsp3) is 0.500. The number of amides is 1. The summed E-state index contributed by atoms with van der Waals surface area (Å²) in [5, 5.41) is 27.8. The van der Waals surface area contributed by atoms with Crippen LogP contribution in [0.1, 0.15) is 39.1 Å². The van der Waals surface area contributed by atoms with Crippen molar-refractivity contribution in [3.8, 4) is 0 Å². The summed E-state index contributed by atoms with van der Waals surface area (Å²) in [5.41, 5.74) is 0.161. The van der Waals surface area contributed by atoms with Crippen LogP contribution in [-0.2, 0) is 18.9 Å². The number of carbonyl (C=O) groups excluding carboxylic acids is 1. The number of carbonyl (C=O) groups is 1. The zero-order valence-corrected chi connectivity index (χ0v) is 29.3. The number of aliphatic hydroxyl groups excluding tert-OH is 1. The van der Waals surface area contributed by atoms with Crippen LogP contribution in [0.4, 0.5) is 26.2 Å². The number of ether oxygens (including phenoxy) is 4. The number of benzene rings is 1. The normalized spacial score (nSPS) is 23.0. The number of allylic oxidation sites excluding steroid dienone is 1. The molecule has 266 valence electrons. The van der Waals surface area contributed by atoms with Crippen molar-refractivity contribution in [2.45, 2.75) is 62.2 Å². The highest BCUT2D eigenvalue weighted by Crippen LogP contribution is 2.43. The van der Waals surface area contributed by atoms with Crippen LogP contribution in [0.2, 0.25) is 0 Å². The highest BCUT2D eigenvalue weighted by atomic mass is 32.2. The lowest BCUT2D eigenvalue weighted by molar-refractivity contribution is -0.384. The number of nitro groups is 1. The molecule has 0 saturated carbocycles. The van der Waals surface area contributed by atoms with Crippen molar-refractivity contribution in [3.63, 3.8) is 0 Å². The Morgan fingerprint density at radius 2 is 2.02 bits per heavy atom. The first-order valence-corrected chi connectivity index (χ1v) is 17.1. The van der Waals surface area contributed by atoms with E-state index in [2.05, 4.69) is 11.9 Å². The molecule has 15 heteroatoms. The monoisotopic (exact) mass is 702 g/mol. The van der Waals surface area contributed by atoms with Gasteiger partial charge in [-0.2, -0.15) is 0 Å². The minimum atomic E-state index is -1.61. The first-order chi connectivity index (χ1) is 23.3. The van der Waals surface area contributed by atoms with Crippen molar-refractivity contribution in [1.82, 2.24) is 5.32 Å². The minimum absolute atomic E-state index is 0.0113. The predicted molar refractivity (Wildman–Crippen MR) is 183 cm³/mol. The molecule has 1 saturated heterocycles. The number of fused-ring (bicyclic) bond motifs is 1. The topological polar surface area (TPSA) is 149 Å². The van der Waals surface area contributed by atoms with Crippen molar-refractivity contribution in [2.75, 3.05) is 56.6 Å². The number of methoxy groups -OCH3 is 2. The maximum atomic E-state index is 15.9. The van der Waals surface area contributed by atoms with Gasteiger partial charge in [0, 0.05) is 49.8 Å². The number of alkyl halides is 1. The third kappa shape index (κ3) is 7.30. The van der Waals surface area contributed by atoms with Gasteiger partial charge >= 0.3 is 6.09 Å². The van der Waals surface area contributed by atoms with Gasteiger partial charge in [0.1, 0.15) is 41.2 Å². The Labute approximate surface area is 288 Å². The van der Waals surface area contributed by atoms with Gasteiger partial charge in [0.05, 0.1) is 42.2 Å². The first-order valence-electron chi connectivity index (χ1n) is 15.9. The Bertz CT molecular complexity index is 1730. The fourth-order valence-electron chi connectivity index (χ4n) is 6.38. The molecule has 2 aromatic rings. The molecule has 5 atom stereocenters. The van der Waals surface area contributed by atoms with Crippen LogP contribution in [0, 0.1) is 16.0 Å². The molecule has 2 aliphatic heterocycles. The van der Waals surface area contributed by atoms with E-state index < -0.39 is 47.1 Å². The molecule has 0 radical (unpaired) electrons. The third-order valence-corrected chi connectivity index (χ3v) is 9.50. The summed E-state index contributed by atoms with van der Waals surface area (Å²) in [6.07, 6.45) is 0.876. The molecule has 3 aliphatic rings. The number of rotatable bonds is 10. The van der Waals surface area contributed by atoms with Gasteiger partial charge in [-0.15, -0.1) is 11.8 Å². The largest absolute Gasteiger partial charge is 0.501 e. The Morgan fingerprint density at radius 3 is 2.61 bits per heavy atom. The van der Waals surface area contributed by atoms with Crippen LogP contribution in [0.25, 0.3) is 12.3 Å². The van der Waals surface area contributed by atoms with Crippen LogP contribution in [0.15, 0.2) is 51.5 Å². The average molecular weight is 703 g/mol. The van der Waals surface area contributed by atoms with Crippen molar-refractivity contribution in [1.29, 1.82) is 0 Å². The highest BCUT2D eigenvalue weighted by molar-refractivity contribution is 7.98. The molecule has 5 unspecified atom stereocenters. The van der Waals surface area contributed by atoms with E-state index >= 15 is 4.39 Å². The fourth-order valence-corrected chi connectivity index (χ4v) is 7.13. The molecule has 49 heavy (non-hydrogen) atoms. The zero-order valence-electron chi connectivity index (χ0n) is 28.4. The molecule has 5 rings (SSSR count). The van der Waals surface area contributed by atoms with Gasteiger partial charge in [0.2, 0.25) is 0 Å². The van der Waals surface area contributed by atoms with Gasteiger partial charge in [-0.05, 0) is 50.8 Å². The third-order valence-electron chi connectivity index (χ3n) is 8.67. The van der Waals surface area contributed by atoms with Crippen LogP contribution in [-0.4, -0.2) is 86.9 Å². The molecular formula is C34H43FN4O9S. The van der Waals surface area contributed by atoms with Crippen LogP contribution in [0.5, 0.6) is 0 Å². The van der Waals surface area contributed by atoms with Gasteiger partial charge in [0.25, 0.3) is 5.69 Å². The number of aliphatic hydroxyl groups is 1. The Balaban J connectivity index is 1.61.